The van der Waals surface area contributed by atoms with Crippen LogP contribution in [0.5, 0.6) is 0 Å². The van der Waals surface area contributed by atoms with Crippen molar-refractivity contribution in [2.75, 3.05) is 26.4 Å². The second-order valence-electron chi connectivity index (χ2n) is 15.6. The van der Waals surface area contributed by atoms with Gasteiger partial charge in [-0.25, -0.2) is 4.57 Å². The van der Waals surface area contributed by atoms with Crippen molar-refractivity contribution in [2.24, 2.45) is 0 Å². The molecule has 0 rings (SSSR count). The van der Waals surface area contributed by atoms with Crippen molar-refractivity contribution < 1.29 is 37.6 Å². The molecule has 0 fully saturated rings. The van der Waals surface area contributed by atoms with E-state index in [1.54, 1.807) is 0 Å². The van der Waals surface area contributed by atoms with Crippen molar-refractivity contribution >= 4 is 19.8 Å². The monoisotopic (exact) mass is 748 g/mol. The first kappa shape index (κ1) is 50.0. The molecule has 0 aromatic rings. The summed E-state index contributed by atoms with van der Waals surface area (Å²) in [6.07, 6.45) is 31.3. The van der Waals surface area contributed by atoms with E-state index in [9.17, 15) is 19.0 Å². The van der Waals surface area contributed by atoms with Crippen molar-refractivity contribution in [3.05, 3.63) is 0 Å². The summed E-state index contributed by atoms with van der Waals surface area (Å²) in [5, 5.41) is 3.17. The fourth-order valence-corrected chi connectivity index (χ4v) is 6.75. The Morgan fingerprint density at radius 1 is 0.569 bits per heavy atom. The molecule has 304 valence electrons. The molecule has 0 spiro atoms. The summed E-state index contributed by atoms with van der Waals surface area (Å²) in [6, 6.07) is 0. The lowest BCUT2D eigenvalue weighted by Crippen LogP contribution is -2.37. The number of rotatable bonds is 38. The topological polar surface area (TPSA) is 120 Å². The Balaban J connectivity index is 4.40. The fraction of sp³-hybridized carbons (Fsp3) is 0.951. The first-order valence-electron chi connectivity index (χ1n) is 21.2. The standard InChI is InChI=1S/C41H82NO8P/c1-6-8-10-12-14-16-18-20-22-24-26-28-30-32-39(43)47-36-38(37-49-51(45,46)48-35-34-42-41(3,4)5)50-40(44)33-31-29-27-25-23-21-19-17-15-13-11-9-7-2/h38,42H,6-37H2,1-5H3,(H,45,46). The van der Waals surface area contributed by atoms with Crippen LogP contribution in [0, 0.1) is 0 Å². The fourth-order valence-electron chi connectivity index (χ4n) is 5.99. The Hall–Kier alpha value is -0.990. The molecule has 0 aliphatic carbocycles. The molecule has 0 heterocycles. The maximum absolute atomic E-state index is 12.6. The second-order valence-corrected chi connectivity index (χ2v) is 17.0. The van der Waals surface area contributed by atoms with E-state index in [4.69, 9.17) is 18.5 Å². The maximum Gasteiger partial charge on any atom is 0.472 e. The van der Waals surface area contributed by atoms with Crippen molar-refractivity contribution in [2.45, 2.75) is 226 Å². The molecule has 0 bridgehead atoms. The third-order valence-electron chi connectivity index (χ3n) is 9.13. The molecule has 0 saturated heterocycles. The molecule has 10 heteroatoms. The van der Waals surface area contributed by atoms with E-state index in [0.29, 0.717) is 19.4 Å². The average Bonchev–Trinajstić information content (AvgIpc) is 3.08. The van der Waals surface area contributed by atoms with Gasteiger partial charge in [0.2, 0.25) is 0 Å². The Labute approximate surface area is 314 Å². The van der Waals surface area contributed by atoms with Gasteiger partial charge in [0, 0.05) is 24.9 Å². The zero-order chi connectivity index (χ0) is 37.9. The van der Waals surface area contributed by atoms with Gasteiger partial charge < -0.3 is 19.7 Å². The van der Waals surface area contributed by atoms with Crippen LogP contribution in [-0.4, -0.2) is 54.8 Å². The third-order valence-corrected chi connectivity index (χ3v) is 10.1. The number of carbonyl (C=O) groups excluding carboxylic acids is 2. The van der Waals surface area contributed by atoms with Crippen LogP contribution in [-0.2, 0) is 32.7 Å². The number of phosphoric acid groups is 1. The van der Waals surface area contributed by atoms with E-state index in [1.165, 1.54) is 128 Å². The average molecular weight is 748 g/mol. The van der Waals surface area contributed by atoms with Crippen LogP contribution in [0.2, 0.25) is 0 Å². The van der Waals surface area contributed by atoms with Crippen LogP contribution in [0.15, 0.2) is 0 Å². The number of hydrogen-bond acceptors (Lipinski definition) is 8. The van der Waals surface area contributed by atoms with Crippen LogP contribution in [0.4, 0.5) is 0 Å². The van der Waals surface area contributed by atoms with Crippen molar-refractivity contribution in [1.29, 1.82) is 0 Å². The van der Waals surface area contributed by atoms with Gasteiger partial charge in [-0.3, -0.25) is 18.6 Å². The molecule has 2 N–H and O–H groups in total. The van der Waals surface area contributed by atoms with Crippen LogP contribution in [0.25, 0.3) is 0 Å². The normalized spacial score (nSPS) is 13.6. The molecule has 0 aliphatic rings. The molecular formula is C41H82NO8P. The molecule has 0 amide bonds. The summed E-state index contributed by atoms with van der Waals surface area (Å²) in [7, 11) is -4.39. The van der Waals surface area contributed by atoms with Crippen LogP contribution >= 0.6 is 7.82 Å². The van der Waals surface area contributed by atoms with Gasteiger partial charge in [-0.2, -0.15) is 0 Å². The van der Waals surface area contributed by atoms with Crippen molar-refractivity contribution in [1.82, 2.24) is 5.32 Å². The minimum atomic E-state index is -4.39. The van der Waals surface area contributed by atoms with Crippen molar-refractivity contribution in [3.8, 4) is 0 Å². The summed E-state index contributed by atoms with van der Waals surface area (Å²) in [5.41, 5.74) is -0.160. The molecule has 0 aromatic heterocycles. The van der Waals surface area contributed by atoms with Crippen LogP contribution in [0.1, 0.15) is 214 Å². The number of ether oxygens (including phenoxy) is 2. The lowest BCUT2D eigenvalue weighted by Gasteiger charge is -2.22. The number of phosphoric ester groups is 1. The predicted molar refractivity (Wildman–Crippen MR) is 211 cm³/mol. The number of hydrogen-bond donors (Lipinski definition) is 2. The van der Waals surface area contributed by atoms with E-state index in [-0.39, 0.29) is 31.1 Å². The largest absolute Gasteiger partial charge is 0.472 e. The minimum Gasteiger partial charge on any atom is -0.462 e. The Bertz CT molecular complexity index is 850. The van der Waals surface area contributed by atoms with E-state index >= 15 is 0 Å². The summed E-state index contributed by atoms with van der Waals surface area (Å²) < 4.78 is 33.7. The quantitative estimate of drug-likeness (QED) is 0.0361. The second kappa shape index (κ2) is 34.8. The molecule has 2 atom stereocenters. The van der Waals surface area contributed by atoms with Crippen LogP contribution < -0.4 is 5.32 Å². The van der Waals surface area contributed by atoms with Gasteiger partial charge >= 0.3 is 19.8 Å². The van der Waals surface area contributed by atoms with Gasteiger partial charge in [0.15, 0.2) is 6.10 Å². The zero-order valence-electron chi connectivity index (χ0n) is 34.0. The van der Waals surface area contributed by atoms with Crippen LogP contribution in [0.3, 0.4) is 0 Å². The number of carbonyl (C=O) groups is 2. The summed E-state index contributed by atoms with van der Waals surface area (Å²) >= 11 is 0. The molecule has 0 aromatic carbocycles. The van der Waals surface area contributed by atoms with E-state index in [0.717, 1.165) is 32.1 Å². The molecular weight excluding hydrogens is 665 g/mol. The summed E-state index contributed by atoms with van der Waals surface area (Å²) in [6.45, 7) is 10.2. The maximum atomic E-state index is 12.6. The van der Waals surface area contributed by atoms with E-state index in [1.807, 2.05) is 20.8 Å². The number of nitrogens with one attached hydrogen (secondary N) is 1. The van der Waals surface area contributed by atoms with E-state index in [2.05, 4.69) is 19.2 Å². The van der Waals surface area contributed by atoms with Gasteiger partial charge in [0.25, 0.3) is 0 Å². The summed E-state index contributed by atoms with van der Waals surface area (Å²) in [4.78, 5) is 35.3. The zero-order valence-corrected chi connectivity index (χ0v) is 34.9. The van der Waals surface area contributed by atoms with Gasteiger partial charge in [-0.05, 0) is 33.6 Å². The predicted octanol–water partition coefficient (Wildman–Crippen LogP) is 11.9. The van der Waals surface area contributed by atoms with Crippen molar-refractivity contribution in [3.63, 3.8) is 0 Å². The lowest BCUT2D eigenvalue weighted by molar-refractivity contribution is -0.161. The SMILES string of the molecule is CCCCCCCCCCCCCCCC(=O)OCC(COP(=O)(O)OCCNC(C)(C)C)OC(=O)CCCCCCCCCCCCCCC. The highest BCUT2D eigenvalue weighted by molar-refractivity contribution is 7.47. The Kier molecular flexibility index (Phi) is 34.1. The smallest absolute Gasteiger partial charge is 0.462 e. The molecule has 0 saturated carbocycles. The highest BCUT2D eigenvalue weighted by Gasteiger charge is 2.26. The lowest BCUT2D eigenvalue weighted by atomic mass is 10.0. The first-order chi connectivity index (χ1) is 24.5. The first-order valence-corrected chi connectivity index (χ1v) is 22.7. The van der Waals surface area contributed by atoms with Gasteiger partial charge in [-0.15, -0.1) is 0 Å². The highest BCUT2D eigenvalue weighted by atomic mass is 31.2. The molecule has 51 heavy (non-hydrogen) atoms. The molecule has 2 unspecified atom stereocenters. The van der Waals surface area contributed by atoms with E-state index < -0.39 is 26.5 Å². The molecule has 0 radical (unpaired) electrons. The molecule has 0 aliphatic heterocycles. The number of unbranched alkanes of at least 4 members (excludes halogenated alkanes) is 24. The highest BCUT2D eigenvalue weighted by Crippen LogP contribution is 2.43. The Morgan fingerprint density at radius 3 is 1.33 bits per heavy atom. The Morgan fingerprint density at radius 2 is 0.941 bits per heavy atom. The van der Waals surface area contributed by atoms with Gasteiger partial charge in [0.05, 0.1) is 13.2 Å². The van der Waals surface area contributed by atoms with Gasteiger partial charge in [0.1, 0.15) is 6.61 Å². The number of esters is 2. The summed E-state index contributed by atoms with van der Waals surface area (Å²) in [5.74, 6) is -0.797. The third kappa shape index (κ3) is 38.5. The minimum absolute atomic E-state index is 0.0251. The van der Waals surface area contributed by atoms with Gasteiger partial charge in [-0.1, -0.05) is 168 Å². The molecule has 9 nitrogen and oxygen atoms in total.